The first kappa shape index (κ1) is 13.4. The monoisotopic (exact) mass is 277 g/mol. The molecule has 1 saturated heterocycles. The molecule has 110 valence electrons. The van der Waals surface area contributed by atoms with Crippen LogP contribution in [0.5, 0.6) is 0 Å². The van der Waals surface area contributed by atoms with Crippen molar-refractivity contribution >= 4 is 11.7 Å². The van der Waals surface area contributed by atoms with Gasteiger partial charge in [0.1, 0.15) is 11.5 Å². The lowest BCUT2D eigenvalue weighted by Crippen LogP contribution is -2.38. The zero-order chi connectivity index (χ0) is 13.9. The number of aromatic nitrogens is 2. The Kier molecular flexibility index (Phi) is 3.91. The molecule has 6 nitrogen and oxygen atoms in total. The van der Waals surface area contributed by atoms with E-state index < -0.39 is 0 Å². The van der Waals surface area contributed by atoms with Crippen LogP contribution in [0.25, 0.3) is 0 Å². The third kappa shape index (κ3) is 2.80. The number of hydrogen-bond acceptors (Lipinski definition) is 4. The van der Waals surface area contributed by atoms with Crippen LogP contribution in [0.4, 0.5) is 5.82 Å². The van der Waals surface area contributed by atoms with E-state index in [4.69, 9.17) is 5.73 Å². The predicted octanol–water partition coefficient (Wildman–Crippen LogP) is 1.08. The smallest absolute Gasteiger partial charge is 0.271 e. The lowest BCUT2D eigenvalue weighted by Gasteiger charge is -2.27. The summed E-state index contributed by atoms with van der Waals surface area (Å²) in [7, 11) is 0. The van der Waals surface area contributed by atoms with Gasteiger partial charge in [-0.15, -0.1) is 0 Å². The lowest BCUT2D eigenvalue weighted by atomic mass is 10.2. The van der Waals surface area contributed by atoms with Crippen LogP contribution in [0.1, 0.15) is 42.6 Å². The number of nitrogen functional groups attached to an aromatic ring is 1. The molecule has 20 heavy (non-hydrogen) atoms. The summed E-state index contributed by atoms with van der Waals surface area (Å²) in [6.07, 6.45) is 6.41. The molecule has 6 heteroatoms. The standard InChI is InChI=1S/C14H23N5O/c15-13-10-12(16-17-13)14(20)19-7-3-6-18(8-9-19)11-4-1-2-5-11/h10-11H,1-9H2,(H3,15,16,17). The molecule has 1 amide bonds. The first-order valence-corrected chi connectivity index (χ1v) is 7.58. The number of carbonyl (C=O) groups is 1. The van der Waals surface area contributed by atoms with Crippen molar-refractivity contribution in [3.8, 4) is 0 Å². The molecule has 1 saturated carbocycles. The maximum absolute atomic E-state index is 12.4. The van der Waals surface area contributed by atoms with E-state index in [0.29, 0.717) is 11.5 Å². The van der Waals surface area contributed by atoms with Gasteiger partial charge >= 0.3 is 0 Å². The molecule has 1 aromatic heterocycles. The van der Waals surface area contributed by atoms with E-state index in [1.807, 2.05) is 4.90 Å². The number of nitrogens with zero attached hydrogens (tertiary/aromatic N) is 3. The second-order valence-corrected chi connectivity index (χ2v) is 5.83. The molecule has 2 aliphatic rings. The highest BCUT2D eigenvalue weighted by Gasteiger charge is 2.26. The normalized spacial score (nSPS) is 22.1. The Balaban J connectivity index is 1.60. The SMILES string of the molecule is Nc1cc(C(=O)N2CCCN(C3CCCC3)CC2)[nH]n1. The summed E-state index contributed by atoms with van der Waals surface area (Å²) < 4.78 is 0. The van der Waals surface area contributed by atoms with E-state index >= 15 is 0 Å². The molecular weight excluding hydrogens is 254 g/mol. The third-order valence-corrected chi connectivity index (χ3v) is 4.49. The minimum Gasteiger partial charge on any atom is -0.382 e. The molecule has 0 spiro atoms. The molecule has 2 heterocycles. The summed E-state index contributed by atoms with van der Waals surface area (Å²) in [6.45, 7) is 3.72. The summed E-state index contributed by atoms with van der Waals surface area (Å²) in [5.41, 5.74) is 6.06. The van der Waals surface area contributed by atoms with Gasteiger partial charge < -0.3 is 10.6 Å². The Labute approximate surface area is 119 Å². The zero-order valence-corrected chi connectivity index (χ0v) is 11.8. The fourth-order valence-electron chi connectivity index (χ4n) is 3.39. The van der Waals surface area contributed by atoms with E-state index in [9.17, 15) is 4.79 Å². The number of carbonyl (C=O) groups excluding carboxylic acids is 1. The van der Waals surface area contributed by atoms with Gasteiger partial charge in [0.25, 0.3) is 5.91 Å². The van der Waals surface area contributed by atoms with Crippen molar-refractivity contribution in [1.82, 2.24) is 20.0 Å². The van der Waals surface area contributed by atoms with E-state index in [1.165, 1.54) is 25.7 Å². The number of amides is 1. The highest BCUT2D eigenvalue weighted by atomic mass is 16.2. The molecule has 0 atom stereocenters. The summed E-state index contributed by atoms with van der Waals surface area (Å²) in [4.78, 5) is 16.9. The maximum Gasteiger partial charge on any atom is 0.271 e. The molecule has 1 aliphatic heterocycles. The second kappa shape index (κ2) is 5.83. The van der Waals surface area contributed by atoms with Crippen LogP contribution in [0.3, 0.4) is 0 Å². The molecule has 3 rings (SSSR count). The Bertz CT molecular complexity index is 466. The summed E-state index contributed by atoms with van der Waals surface area (Å²) in [5.74, 6) is 0.387. The maximum atomic E-state index is 12.4. The number of nitrogens with two attached hydrogens (primary N) is 1. The van der Waals surface area contributed by atoms with Crippen molar-refractivity contribution in [2.75, 3.05) is 31.9 Å². The van der Waals surface area contributed by atoms with Crippen molar-refractivity contribution in [3.05, 3.63) is 11.8 Å². The van der Waals surface area contributed by atoms with Gasteiger partial charge in [0.2, 0.25) is 0 Å². The predicted molar refractivity (Wildman–Crippen MR) is 77.3 cm³/mol. The van der Waals surface area contributed by atoms with Crippen LogP contribution in [0.2, 0.25) is 0 Å². The van der Waals surface area contributed by atoms with E-state index in [2.05, 4.69) is 15.1 Å². The highest BCUT2D eigenvalue weighted by molar-refractivity contribution is 5.93. The zero-order valence-electron chi connectivity index (χ0n) is 11.8. The van der Waals surface area contributed by atoms with E-state index in [1.54, 1.807) is 6.07 Å². The first-order chi connectivity index (χ1) is 9.74. The lowest BCUT2D eigenvalue weighted by molar-refractivity contribution is 0.0752. The average molecular weight is 277 g/mol. The Hall–Kier alpha value is -1.56. The van der Waals surface area contributed by atoms with Crippen molar-refractivity contribution < 1.29 is 4.79 Å². The average Bonchev–Trinajstić information content (AvgIpc) is 3.05. The number of hydrogen-bond donors (Lipinski definition) is 2. The van der Waals surface area contributed by atoms with Crippen LogP contribution < -0.4 is 5.73 Å². The summed E-state index contributed by atoms with van der Waals surface area (Å²) >= 11 is 0. The van der Waals surface area contributed by atoms with Gasteiger partial charge in [-0.25, -0.2) is 0 Å². The second-order valence-electron chi connectivity index (χ2n) is 5.83. The quantitative estimate of drug-likeness (QED) is 0.848. The number of rotatable bonds is 2. The Morgan fingerprint density at radius 3 is 2.70 bits per heavy atom. The van der Waals surface area contributed by atoms with Gasteiger partial charge in [0.15, 0.2) is 0 Å². The molecular formula is C14H23N5O. The minimum atomic E-state index is 0.0162. The van der Waals surface area contributed by atoms with E-state index in [-0.39, 0.29) is 5.91 Å². The number of nitrogens with one attached hydrogen (secondary N) is 1. The molecule has 0 unspecified atom stereocenters. The highest BCUT2D eigenvalue weighted by Crippen LogP contribution is 2.24. The van der Waals surface area contributed by atoms with Crippen molar-refractivity contribution in [1.29, 1.82) is 0 Å². The summed E-state index contributed by atoms with van der Waals surface area (Å²) in [5, 5.41) is 6.54. The molecule has 0 bridgehead atoms. The van der Waals surface area contributed by atoms with Crippen LogP contribution >= 0.6 is 0 Å². The minimum absolute atomic E-state index is 0.0162. The summed E-state index contributed by atoms with van der Waals surface area (Å²) in [6, 6.07) is 2.36. The molecule has 2 fully saturated rings. The third-order valence-electron chi connectivity index (χ3n) is 4.49. The van der Waals surface area contributed by atoms with Gasteiger partial charge in [-0.1, -0.05) is 12.8 Å². The molecule has 1 aliphatic carbocycles. The van der Waals surface area contributed by atoms with Gasteiger partial charge in [-0.05, 0) is 19.3 Å². The van der Waals surface area contributed by atoms with Gasteiger partial charge in [-0.2, -0.15) is 5.10 Å². The largest absolute Gasteiger partial charge is 0.382 e. The van der Waals surface area contributed by atoms with Crippen LogP contribution in [0.15, 0.2) is 6.07 Å². The van der Waals surface area contributed by atoms with Crippen LogP contribution in [0, 0.1) is 0 Å². The van der Waals surface area contributed by atoms with Crippen molar-refractivity contribution in [2.45, 2.75) is 38.1 Å². The van der Waals surface area contributed by atoms with Gasteiger partial charge in [-0.3, -0.25) is 14.8 Å². The van der Waals surface area contributed by atoms with Gasteiger partial charge in [0.05, 0.1) is 0 Å². The fraction of sp³-hybridized carbons (Fsp3) is 0.714. The van der Waals surface area contributed by atoms with Gasteiger partial charge in [0, 0.05) is 38.3 Å². The molecule has 1 aromatic rings. The van der Waals surface area contributed by atoms with Crippen molar-refractivity contribution in [2.24, 2.45) is 0 Å². The van der Waals surface area contributed by atoms with Crippen LogP contribution in [-0.4, -0.2) is 58.1 Å². The molecule has 0 aromatic carbocycles. The number of H-pyrrole nitrogens is 1. The van der Waals surface area contributed by atoms with E-state index in [0.717, 1.165) is 38.6 Å². The number of anilines is 1. The number of aromatic amines is 1. The topological polar surface area (TPSA) is 78.3 Å². The fourth-order valence-corrected chi connectivity index (χ4v) is 3.39. The van der Waals surface area contributed by atoms with Crippen LogP contribution in [-0.2, 0) is 0 Å². The Morgan fingerprint density at radius 1 is 1.20 bits per heavy atom. The molecule has 3 N–H and O–H groups in total. The van der Waals surface area contributed by atoms with Crippen molar-refractivity contribution in [3.63, 3.8) is 0 Å². The first-order valence-electron chi connectivity index (χ1n) is 7.58. The Morgan fingerprint density at radius 2 is 2.00 bits per heavy atom. The molecule has 0 radical (unpaired) electrons.